The third kappa shape index (κ3) is 5.07. The molecule has 0 aliphatic rings. The summed E-state index contributed by atoms with van der Waals surface area (Å²) in [6.07, 6.45) is 3.00. The summed E-state index contributed by atoms with van der Waals surface area (Å²) in [4.78, 5) is 25.4. The number of ketones is 1. The van der Waals surface area contributed by atoms with Crippen molar-refractivity contribution < 1.29 is 19.1 Å². The lowest BCUT2D eigenvalue weighted by Gasteiger charge is -2.10. The molecule has 5 nitrogen and oxygen atoms in total. The molecular weight excluding hydrogens is 402 g/mol. The maximum atomic E-state index is 12.9. The number of halogens is 1. The van der Waals surface area contributed by atoms with Gasteiger partial charge in [-0.1, -0.05) is 41.9 Å². The predicted molar refractivity (Wildman–Crippen MR) is 119 cm³/mol. The van der Waals surface area contributed by atoms with Gasteiger partial charge in [-0.2, -0.15) is 0 Å². The van der Waals surface area contributed by atoms with Gasteiger partial charge in [-0.25, -0.2) is 0 Å². The Kier molecular flexibility index (Phi) is 6.88. The predicted octanol–water partition coefficient (Wildman–Crippen LogP) is 5.24. The number of hydrogen-bond acceptors (Lipinski definition) is 4. The Bertz CT molecular complexity index is 1090. The molecule has 0 heterocycles. The number of nitrogens with one attached hydrogen (secondary N) is 1. The van der Waals surface area contributed by atoms with Gasteiger partial charge in [0.15, 0.2) is 5.78 Å². The van der Waals surface area contributed by atoms with Crippen LogP contribution < -0.4 is 14.8 Å². The summed E-state index contributed by atoms with van der Waals surface area (Å²) in [5, 5.41) is 3.16. The largest absolute Gasteiger partial charge is 0.497 e. The standard InChI is InChI=1S/C24H20ClNO4/c1-29-19-11-8-16(22(15-19)30-2)9-13-23(27)26-21-12-10-18(25)14-20(21)24(28)17-6-4-3-5-7-17/h3-15H,1-2H3,(H,26,27)/b13-9+. The molecule has 152 valence electrons. The third-order valence-electron chi connectivity index (χ3n) is 4.37. The molecule has 1 amide bonds. The second kappa shape index (κ2) is 9.76. The third-order valence-corrected chi connectivity index (χ3v) is 4.61. The molecule has 3 aromatic carbocycles. The minimum absolute atomic E-state index is 0.228. The van der Waals surface area contributed by atoms with E-state index in [9.17, 15) is 9.59 Å². The monoisotopic (exact) mass is 421 g/mol. The van der Waals surface area contributed by atoms with E-state index in [2.05, 4.69) is 5.32 Å². The van der Waals surface area contributed by atoms with Gasteiger partial charge < -0.3 is 14.8 Å². The van der Waals surface area contributed by atoms with Crippen LogP contribution >= 0.6 is 11.6 Å². The number of anilines is 1. The number of hydrogen-bond donors (Lipinski definition) is 1. The molecule has 0 saturated carbocycles. The number of carbonyl (C=O) groups excluding carboxylic acids is 2. The topological polar surface area (TPSA) is 64.6 Å². The quantitative estimate of drug-likeness (QED) is 0.418. The van der Waals surface area contributed by atoms with Gasteiger partial charge >= 0.3 is 0 Å². The molecule has 0 bridgehead atoms. The maximum absolute atomic E-state index is 12.9. The molecule has 0 spiro atoms. The van der Waals surface area contributed by atoms with E-state index in [0.29, 0.717) is 38.9 Å². The fourth-order valence-electron chi connectivity index (χ4n) is 2.85. The first kappa shape index (κ1) is 21.1. The summed E-state index contributed by atoms with van der Waals surface area (Å²) in [5.41, 5.74) is 1.92. The van der Waals surface area contributed by atoms with Gasteiger partial charge in [-0.05, 0) is 36.4 Å². The van der Waals surface area contributed by atoms with E-state index in [1.807, 2.05) is 6.07 Å². The molecule has 0 fully saturated rings. The molecule has 0 aliphatic heterocycles. The summed E-state index contributed by atoms with van der Waals surface area (Å²) >= 11 is 6.08. The molecule has 3 aromatic rings. The molecule has 0 aromatic heterocycles. The first-order valence-electron chi connectivity index (χ1n) is 9.12. The molecule has 0 radical (unpaired) electrons. The molecule has 0 aliphatic carbocycles. The number of amides is 1. The van der Waals surface area contributed by atoms with Crippen LogP contribution in [0.4, 0.5) is 5.69 Å². The van der Waals surface area contributed by atoms with Crippen LogP contribution in [0.5, 0.6) is 11.5 Å². The van der Waals surface area contributed by atoms with Crippen LogP contribution in [0.2, 0.25) is 5.02 Å². The SMILES string of the molecule is COc1ccc(/C=C/C(=O)Nc2ccc(Cl)cc2C(=O)c2ccccc2)c(OC)c1. The van der Waals surface area contributed by atoms with Crippen molar-refractivity contribution in [3.8, 4) is 11.5 Å². The highest BCUT2D eigenvalue weighted by molar-refractivity contribution is 6.31. The highest BCUT2D eigenvalue weighted by atomic mass is 35.5. The van der Waals surface area contributed by atoms with Gasteiger partial charge in [0, 0.05) is 33.9 Å². The van der Waals surface area contributed by atoms with Crippen molar-refractivity contribution in [3.05, 3.63) is 94.5 Å². The highest BCUT2D eigenvalue weighted by Gasteiger charge is 2.15. The molecule has 0 atom stereocenters. The number of benzene rings is 3. The summed E-state index contributed by atoms with van der Waals surface area (Å²) in [5.74, 6) is 0.607. The smallest absolute Gasteiger partial charge is 0.248 e. The van der Waals surface area contributed by atoms with Crippen molar-refractivity contribution in [2.75, 3.05) is 19.5 Å². The molecule has 30 heavy (non-hydrogen) atoms. The summed E-state index contributed by atoms with van der Waals surface area (Å²) in [6, 6.07) is 18.9. The van der Waals surface area contributed by atoms with E-state index < -0.39 is 5.91 Å². The lowest BCUT2D eigenvalue weighted by molar-refractivity contribution is -0.111. The lowest BCUT2D eigenvalue weighted by atomic mass is 10.0. The van der Waals surface area contributed by atoms with Crippen LogP contribution in [0.1, 0.15) is 21.5 Å². The van der Waals surface area contributed by atoms with Gasteiger partial charge in [-0.15, -0.1) is 0 Å². The second-order valence-electron chi connectivity index (χ2n) is 6.32. The Labute approximate surface area is 179 Å². The first-order valence-corrected chi connectivity index (χ1v) is 9.50. The summed E-state index contributed by atoms with van der Waals surface area (Å²) in [7, 11) is 3.11. The average Bonchev–Trinajstić information content (AvgIpc) is 2.78. The Morgan fingerprint density at radius 2 is 1.70 bits per heavy atom. The zero-order valence-electron chi connectivity index (χ0n) is 16.5. The van der Waals surface area contributed by atoms with Crippen LogP contribution in [0, 0.1) is 0 Å². The molecule has 0 unspecified atom stereocenters. The van der Waals surface area contributed by atoms with Crippen molar-refractivity contribution in [2.45, 2.75) is 0 Å². The van der Waals surface area contributed by atoms with Crippen molar-refractivity contribution in [3.63, 3.8) is 0 Å². The number of rotatable bonds is 7. The molecule has 6 heteroatoms. The van der Waals surface area contributed by atoms with Crippen LogP contribution in [0.3, 0.4) is 0 Å². The highest BCUT2D eigenvalue weighted by Crippen LogP contribution is 2.26. The molecular formula is C24H20ClNO4. The van der Waals surface area contributed by atoms with Crippen molar-refractivity contribution in [1.82, 2.24) is 0 Å². The van der Waals surface area contributed by atoms with E-state index in [1.165, 1.54) is 6.08 Å². The normalized spacial score (nSPS) is 10.6. The van der Waals surface area contributed by atoms with Gasteiger partial charge in [0.1, 0.15) is 11.5 Å². The molecule has 0 saturated heterocycles. The molecule has 3 rings (SSSR count). The fraction of sp³-hybridized carbons (Fsp3) is 0.0833. The Hall–Kier alpha value is -3.57. The Morgan fingerprint density at radius 1 is 0.933 bits per heavy atom. The first-order chi connectivity index (χ1) is 14.5. The van der Waals surface area contributed by atoms with Crippen LogP contribution in [0.15, 0.2) is 72.8 Å². The Balaban J connectivity index is 1.82. The van der Waals surface area contributed by atoms with E-state index in [1.54, 1.807) is 81.0 Å². The zero-order valence-corrected chi connectivity index (χ0v) is 17.3. The van der Waals surface area contributed by atoms with E-state index in [4.69, 9.17) is 21.1 Å². The van der Waals surface area contributed by atoms with Gasteiger partial charge in [0.05, 0.1) is 19.9 Å². The Morgan fingerprint density at radius 3 is 2.40 bits per heavy atom. The summed E-state index contributed by atoms with van der Waals surface area (Å²) in [6.45, 7) is 0. The van der Waals surface area contributed by atoms with Gasteiger partial charge in [-0.3, -0.25) is 9.59 Å². The average molecular weight is 422 g/mol. The van der Waals surface area contributed by atoms with Gasteiger partial charge in [0.2, 0.25) is 5.91 Å². The van der Waals surface area contributed by atoms with Crippen LogP contribution in [-0.2, 0) is 4.79 Å². The lowest BCUT2D eigenvalue weighted by Crippen LogP contribution is -2.12. The van der Waals surface area contributed by atoms with E-state index >= 15 is 0 Å². The summed E-state index contributed by atoms with van der Waals surface area (Å²) < 4.78 is 10.5. The molecule has 1 N–H and O–H groups in total. The van der Waals surface area contributed by atoms with Crippen molar-refractivity contribution >= 4 is 35.1 Å². The minimum Gasteiger partial charge on any atom is -0.497 e. The minimum atomic E-state index is -0.391. The number of ether oxygens (including phenoxy) is 2. The van der Waals surface area contributed by atoms with Crippen LogP contribution in [0.25, 0.3) is 6.08 Å². The fourth-order valence-corrected chi connectivity index (χ4v) is 3.03. The van der Waals surface area contributed by atoms with E-state index in [-0.39, 0.29) is 5.78 Å². The maximum Gasteiger partial charge on any atom is 0.248 e. The van der Waals surface area contributed by atoms with Crippen molar-refractivity contribution in [1.29, 1.82) is 0 Å². The van der Waals surface area contributed by atoms with E-state index in [0.717, 1.165) is 0 Å². The second-order valence-corrected chi connectivity index (χ2v) is 6.75. The zero-order chi connectivity index (χ0) is 21.5. The van der Waals surface area contributed by atoms with Crippen molar-refractivity contribution in [2.24, 2.45) is 0 Å². The van der Waals surface area contributed by atoms with Gasteiger partial charge in [0.25, 0.3) is 0 Å². The van der Waals surface area contributed by atoms with Crippen LogP contribution in [-0.4, -0.2) is 25.9 Å². The number of methoxy groups -OCH3 is 2. The number of carbonyl (C=O) groups is 2.